The van der Waals surface area contributed by atoms with Crippen LogP contribution in [0.2, 0.25) is 0 Å². The lowest BCUT2D eigenvalue weighted by Crippen LogP contribution is -2.13. The first-order valence-electron chi connectivity index (χ1n) is 10.1. The summed E-state index contributed by atoms with van der Waals surface area (Å²) in [5, 5.41) is 2.30. The van der Waals surface area contributed by atoms with Crippen molar-refractivity contribution < 1.29 is 4.74 Å². The first-order valence-corrected chi connectivity index (χ1v) is 10.1. The average molecular weight is 401 g/mol. The second-order valence-electron chi connectivity index (χ2n) is 8.78. The van der Waals surface area contributed by atoms with Crippen LogP contribution in [-0.2, 0) is 5.41 Å². The molecule has 4 aromatic rings. The molecule has 0 aliphatic heterocycles. The van der Waals surface area contributed by atoms with E-state index in [1.165, 1.54) is 0 Å². The molecule has 30 heavy (non-hydrogen) atoms. The van der Waals surface area contributed by atoms with E-state index in [0.29, 0.717) is 0 Å². The van der Waals surface area contributed by atoms with Gasteiger partial charge in [0.05, 0.1) is 18.5 Å². The Balaban J connectivity index is 1.90. The first-order chi connectivity index (χ1) is 14.3. The van der Waals surface area contributed by atoms with Gasteiger partial charge in [0.25, 0.3) is 0 Å². The number of hydrogen-bond donors (Lipinski definition) is 1. The van der Waals surface area contributed by atoms with Crippen LogP contribution in [0.5, 0.6) is 5.75 Å². The summed E-state index contributed by atoms with van der Waals surface area (Å²) in [6, 6.07) is 16.7. The molecule has 0 bridgehead atoms. The molecule has 2 aromatic carbocycles. The highest BCUT2D eigenvalue weighted by Gasteiger charge is 2.23. The lowest BCUT2D eigenvalue weighted by atomic mass is 9.96. The highest BCUT2D eigenvalue weighted by atomic mass is 16.5. The summed E-state index contributed by atoms with van der Waals surface area (Å²) in [6.07, 6.45) is 1.85. The number of anilines is 1. The highest BCUT2D eigenvalue weighted by molar-refractivity contribution is 5.90. The number of ether oxygens (including phenoxy) is 1. The maximum Gasteiger partial charge on any atom is 0.128 e. The molecule has 154 valence electrons. The summed E-state index contributed by atoms with van der Waals surface area (Å²) < 4.78 is 5.36. The van der Waals surface area contributed by atoms with Crippen LogP contribution in [0.3, 0.4) is 0 Å². The molecule has 0 atom stereocenters. The summed E-state index contributed by atoms with van der Waals surface area (Å²) in [5.74, 6) is 2.74. The maximum atomic E-state index is 5.36. The Morgan fingerprint density at radius 3 is 2.33 bits per heavy atom. The van der Waals surface area contributed by atoms with E-state index in [0.717, 1.165) is 50.7 Å². The third kappa shape index (κ3) is 3.75. The van der Waals surface area contributed by atoms with Gasteiger partial charge in [0.15, 0.2) is 0 Å². The SMILES string of the molecule is COc1ccc2cc(-c3nc(C(C)(C)C)[nH]c3-c3ccnc(N(C)C)c3)ccc2c1. The lowest BCUT2D eigenvalue weighted by molar-refractivity contribution is 0.415. The lowest BCUT2D eigenvalue weighted by Gasteiger charge is -2.14. The molecule has 2 heterocycles. The van der Waals surface area contributed by atoms with Gasteiger partial charge in [-0.25, -0.2) is 9.97 Å². The standard InChI is InChI=1S/C25H28N4O/c1-25(2,3)24-27-22(23(28-24)19-11-12-26-21(15-19)29(4)5)18-8-7-17-14-20(30-6)10-9-16(17)13-18/h7-15H,1-6H3,(H,27,28). The molecule has 5 heteroatoms. The van der Waals surface area contributed by atoms with Crippen LogP contribution in [0, 0.1) is 0 Å². The Hall–Kier alpha value is -3.34. The summed E-state index contributed by atoms with van der Waals surface area (Å²) in [6.45, 7) is 6.51. The van der Waals surface area contributed by atoms with E-state index in [1.54, 1.807) is 7.11 Å². The Kier molecular flexibility index (Phi) is 4.98. The summed E-state index contributed by atoms with van der Waals surface area (Å²) in [5.41, 5.74) is 4.03. The number of rotatable bonds is 4. The second kappa shape index (κ2) is 7.48. The van der Waals surface area contributed by atoms with Crippen LogP contribution in [0.25, 0.3) is 33.3 Å². The third-order valence-corrected chi connectivity index (χ3v) is 5.23. The predicted octanol–water partition coefficient (Wildman–Crippen LogP) is 5.66. The van der Waals surface area contributed by atoms with Crippen molar-refractivity contribution >= 4 is 16.6 Å². The molecular weight excluding hydrogens is 372 g/mol. The van der Waals surface area contributed by atoms with Gasteiger partial charge in [0.1, 0.15) is 17.4 Å². The Labute approximate surface area is 177 Å². The molecule has 0 amide bonds. The van der Waals surface area contributed by atoms with Gasteiger partial charge in [0, 0.05) is 36.8 Å². The van der Waals surface area contributed by atoms with Gasteiger partial charge < -0.3 is 14.6 Å². The molecular formula is C25H28N4O. The van der Waals surface area contributed by atoms with Crippen molar-refractivity contribution in [2.45, 2.75) is 26.2 Å². The maximum absolute atomic E-state index is 5.36. The number of fused-ring (bicyclic) bond motifs is 1. The fourth-order valence-electron chi connectivity index (χ4n) is 3.46. The smallest absolute Gasteiger partial charge is 0.128 e. The number of hydrogen-bond acceptors (Lipinski definition) is 4. The molecule has 2 aromatic heterocycles. The Bertz CT molecular complexity index is 1200. The highest BCUT2D eigenvalue weighted by Crippen LogP contribution is 2.35. The number of benzene rings is 2. The molecule has 5 nitrogen and oxygen atoms in total. The molecule has 0 aliphatic carbocycles. The molecule has 0 spiro atoms. The minimum absolute atomic E-state index is 0.0887. The van der Waals surface area contributed by atoms with E-state index in [2.05, 4.69) is 67.1 Å². The number of imidazole rings is 1. The van der Waals surface area contributed by atoms with E-state index in [9.17, 15) is 0 Å². The number of methoxy groups -OCH3 is 1. The monoisotopic (exact) mass is 400 g/mol. The van der Waals surface area contributed by atoms with Gasteiger partial charge in [-0.05, 0) is 41.1 Å². The molecule has 4 rings (SSSR count). The zero-order valence-electron chi connectivity index (χ0n) is 18.4. The zero-order chi connectivity index (χ0) is 21.5. The van der Waals surface area contributed by atoms with Crippen molar-refractivity contribution in [1.82, 2.24) is 15.0 Å². The molecule has 0 radical (unpaired) electrons. The van der Waals surface area contributed by atoms with Gasteiger partial charge in [-0.1, -0.05) is 39.0 Å². The largest absolute Gasteiger partial charge is 0.497 e. The molecule has 0 fully saturated rings. The second-order valence-corrected chi connectivity index (χ2v) is 8.78. The fraction of sp³-hybridized carbons (Fsp3) is 0.280. The minimum atomic E-state index is -0.0887. The Morgan fingerprint density at radius 1 is 0.900 bits per heavy atom. The Morgan fingerprint density at radius 2 is 1.63 bits per heavy atom. The first kappa shape index (κ1) is 20.0. The van der Waals surface area contributed by atoms with Gasteiger partial charge in [-0.3, -0.25) is 0 Å². The van der Waals surface area contributed by atoms with Crippen molar-refractivity contribution in [2.24, 2.45) is 0 Å². The number of pyridine rings is 1. The molecule has 1 N–H and O–H groups in total. The fourth-order valence-corrected chi connectivity index (χ4v) is 3.46. The van der Waals surface area contributed by atoms with E-state index in [1.807, 2.05) is 37.3 Å². The van der Waals surface area contributed by atoms with Gasteiger partial charge in [0.2, 0.25) is 0 Å². The minimum Gasteiger partial charge on any atom is -0.497 e. The molecule has 0 unspecified atom stereocenters. The van der Waals surface area contributed by atoms with E-state index in [4.69, 9.17) is 9.72 Å². The number of H-pyrrole nitrogens is 1. The van der Waals surface area contributed by atoms with Gasteiger partial charge >= 0.3 is 0 Å². The number of aromatic nitrogens is 3. The summed E-state index contributed by atoms with van der Waals surface area (Å²) in [4.78, 5) is 15.1. The van der Waals surface area contributed by atoms with Crippen LogP contribution in [-0.4, -0.2) is 36.2 Å². The number of aromatic amines is 1. The summed E-state index contributed by atoms with van der Waals surface area (Å²) >= 11 is 0. The van der Waals surface area contributed by atoms with Crippen molar-refractivity contribution in [1.29, 1.82) is 0 Å². The van der Waals surface area contributed by atoms with E-state index < -0.39 is 0 Å². The summed E-state index contributed by atoms with van der Waals surface area (Å²) in [7, 11) is 5.69. The quantitative estimate of drug-likeness (QED) is 0.480. The van der Waals surface area contributed by atoms with E-state index >= 15 is 0 Å². The molecule has 0 saturated carbocycles. The molecule has 0 aliphatic rings. The van der Waals surface area contributed by atoms with Crippen molar-refractivity contribution in [2.75, 3.05) is 26.1 Å². The number of nitrogens with zero attached hydrogens (tertiary/aromatic N) is 3. The van der Waals surface area contributed by atoms with Crippen molar-refractivity contribution in [3.8, 4) is 28.3 Å². The zero-order valence-corrected chi connectivity index (χ0v) is 18.4. The van der Waals surface area contributed by atoms with Crippen molar-refractivity contribution in [3.63, 3.8) is 0 Å². The number of nitrogens with one attached hydrogen (secondary N) is 1. The normalized spacial score (nSPS) is 11.7. The van der Waals surface area contributed by atoms with Gasteiger partial charge in [-0.15, -0.1) is 0 Å². The molecule has 0 saturated heterocycles. The van der Waals surface area contributed by atoms with Crippen LogP contribution in [0.4, 0.5) is 5.82 Å². The van der Waals surface area contributed by atoms with Gasteiger partial charge in [-0.2, -0.15) is 0 Å². The predicted molar refractivity (Wildman–Crippen MR) is 124 cm³/mol. The van der Waals surface area contributed by atoms with Crippen LogP contribution in [0.15, 0.2) is 54.7 Å². The average Bonchev–Trinajstić information content (AvgIpc) is 3.19. The third-order valence-electron chi connectivity index (χ3n) is 5.23. The van der Waals surface area contributed by atoms with E-state index in [-0.39, 0.29) is 5.41 Å². The van der Waals surface area contributed by atoms with Crippen LogP contribution >= 0.6 is 0 Å². The topological polar surface area (TPSA) is 54.0 Å². The van der Waals surface area contributed by atoms with Crippen molar-refractivity contribution in [3.05, 3.63) is 60.6 Å². The van der Waals surface area contributed by atoms with Crippen LogP contribution < -0.4 is 9.64 Å². The van der Waals surface area contributed by atoms with Crippen LogP contribution in [0.1, 0.15) is 26.6 Å².